The average Bonchev–Trinajstić information content (AvgIpc) is 3.03. The van der Waals surface area contributed by atoms with Crippen molar-refractivity contribution < 1.29 is 29.0 Å². The van der Waals surface area contributed by atoms with Crippen LogP contribution in [0.3, 0.4) is 0 Å². The molecular weight excluding hydrogens is 578 g/mol. The maximum absolute atomic E-state index is 13.3. The summed E-state index contributed by atoms with van der Waals surface area (Å²) < 4.78 is 5.49. The van der Waals surface area contributed by atoms with Gasteiger partial charge in [0.15, 0.2) is 0 Å². The molecule has 224 valence electrons. The molecule has 0 heterocycles. The molecule has 0 fully saturated rings. The fraction of sp³-hybridized carbons (Fsp3) is 0.118. The topological polar surface area (TPSA) is 134 Å². The fourth-order valence-electron chi connectivity index (χ4n) is 3.95. The summed E-state index contributed by atoms with van der Waals surface area (Å²) in [6.07, 6.45) is 1.59. The Kier molecular flexibility index (Phi) is 10.9. The van der Waals surface area contributed by atoms with Crippen molar-refractivity contribution in [3.05, 3.63) is 126 Å². The minimum absolute atomic E-state index is 0.0585. The molecule has 0 aliphatic carbocycles. The van der Waals surface area contributed by atoms with Gasteiger partial charge in [-0.15, -0.1) is 11.8 Å². The molecule has 10 heteroatoms. The Hall–Kier alpha value is -5.35. The van der Waals surface area contributed by atoms with E-state index in [1.165, 1.54) is 36.0 Å². The maximum atomic E-state index is 13.3. The molecule has 0 aliphatic heterocycles. The summed E-state index contributed by atoms with van der Waals surface area (Å²) in [7, 11) is 0. The summed E-state index contributed by atoms with van der Waals surface area (Å²) >= 11 is 1.33. The third-order valence-electron chi connectivity index (χ3n) is 6.22. The van der Waals surface area contributed by atoms with E-state index < -0.39 is 23.0 Å². The second-order valence-electron chi connectivity index (χ2n) is 9.49. The second kappa shape index (κ2) is 15.2. The Labute approximate surface area is 259 Å². The quantitative estimate of drug-likeness (QED) is 0.109. The molecule has 0 bridgehead atoms. The molecule has 0 saturated heterocycles. The van der Waals surface area contributed by atoms with E-state index >= 15 is 0 Å². The minimum atomic E-state index is -1.04. The van der Waals surface area contributed by atoms with Crippen LogP contribution in [0.1, 0.15) is 40.1 Å². The average molecular weight is 610 g/mol. The highest BCUT2D eigenvalue weighted by Gasteiger charge is 2.17. The first-order chi connectivity index (χ1) is 21.2. The summed E-state index contributed by atoms with van der Waals surface area (Å²) in [4.78, 5) is 50.7. The van der Waals surface area contributed by atoms with Crippen molar-refractivity contribution in [2.24, 2.45) is 0 Å². The van der Waals surface area contributed by atoms with Gasteiger partial charge >= 0.3 is 5.97 Å². The van der Waals surface area contributed by atoms with Crippen molar-refractivity contribution >= 4 is 52.9 Å². The van der Waals surface area contributed by atoms with Crippen LogP contribution in [0, 0.1) is 0 Å². The Balaban J connectivity index is 1.42. The van der Waals surface area contributed by atoms with E-state index in [0.717, 1.165) is 4.90 Å². The number of aromatic carboxylic acids is 1. The van der Waals surface area contributed by atoms with Crippen molar-refractivity contribution in [3.63, 3.8) is 0 Å². The molecule has 4 N–H and O–H groups in total. The maximum Gasteiger partial charge on any atom is 0.335 e. The first kappa shape index (κ1) is 31.6. The number of benzene rings is 4. The molecular formula is C34H31N3O6S. The number of ether oxygens (including phenoxy) is 1. The van der Waals surface area contributed by atoms with E-state index in [1.807, 2.05) is 6.92 Å². The van der Waals surface area contributed by atoms with E-state index in [0.29, 0.717) is 34.9 Å². The van der Waals surface area contributed by atoms with Crippen LogP contribution in [0.5, 0.6) is 5.75 Å². The van der Waals surface area contributed by atoms with Gasteiger partial charge in [0.05, 0.1) is 17.4 Å². The lowest BCUT2D eigenvalue weighted by Crippen LogP contribution is -2.30. The standard InChI is InChI=1S/C34H31N3O6S/c1-3-43-28-17-9-23(10-18-28)21-30(37-32(39)24-7-5-4-6-8-24)33(40)36-27-15-19-29(20-16-27)44-22(2)31(38)35-26-13-11-25(12-14-26)34(41)42/h4-22H,3H2,1-2H3,(H,35,38)(H,36,40)(H,37,39)(H,41,42)/b30-21-. The number of carboxylic acids is 1. The van der Waals surface area contributed by atoms with Gasteiger partial charge in [-0.25, -0.2) is 4.79 Å². The molecule has 4 aromatic carbocycles. The lowest BCUT2D eigenvalue weighted by molar-refractivity contribution is -0.115. The van der Waals surface area contributed by atoms with Gasteiger partial charge in [-0.2, -0.15) is 0 Å². The monoisotopic (exact) mass is 609 g/mol. The number of nitrogens with one attached hydrogen (secondary N) is 3. The van der Waals surface area contributed by atoms with E-state index in [4.69, 9.17) is 9.84 Å². The Morgan fingerprint density at radius 3 is 2.02 bits per heavy atom. The number of hydrogen-bond acceptors (Lipinski definition) is 6. The summed E-state index contributed by atoms with van der Waals surface area (Å²) in [5, 5.41) is 16.9. The number of anilines is 2. The minimum Gasteiger partial charge on any atom is -0.494 e. The number of carbonyl (C=O) groups excluding carboxylic acids is 3. The van der Waals surface area contributed by atoms with Gasteiger partial charge < -0.3 is 25.8 Å². The highest BCUT2D eigenvalue weighted by atomic mass is 32.2. The Morgan fingerprint density at radius 2 is 1.41 bits per heavy atom. The summed E-state index contributed by atoms with van der Waals surface area (Å²) in [6, 6.07) is 28.7. The largest absolute Gasteiger partial charge is 0.494 e. The Bertz CT molecular complexity index is 1640. The van der Waals surface area contributed by atoms with Crippen molar-refractivity contribution in [3.8, 4) is 5.75 Å². The molecule has 0 saturated carbocycles. The summed E-state index contributed by atoms with van der Waals surface area (Å²) in [6.45, 7) is 4.18. The normalized spacial score (nSPS) is 11.6. The van der Waals surface area contributed by atoms with Crippen molar-refractivity contribution in [2.45, 2.75) is 24.0 Å². The first-order valence-corrected chi connectivity index (χ1v) is 14.6. The summed E-state index contributed by atoms with van der Waals surface area (Å²) in [5.74, 6) is -1.51. The van der Waals surface area contributed by atoms with Crippen LogP contribution in [0.25, 0.3) is 6.08 Å². The van der Waals surface area contributed by atoms with E-state index in [2.05, 4.69) is 16.0 Å². The number of thioether (sulfide) groups is 1. The van der Waals surface area contributed by atoms with Crippen LogP contribution in [-0.2, 0) is 9.59 Å². The van der Waals surface area contributed by atoms with Gasteiger partial charge in [-0.1, -0.05) is 30.3 Å². The molecule has 3 amide bonds. The van der Waals surface area contributed by atoms with Crippen LogP contribution in [0.2, 0.25) is 0 Å². The molecule has 9 nitrogen and oxygen atoms in total. The van der Waals surface area contributed by atoms with E-state index in [1.54, 1.807) is 91.9 Å². The zero-order valence-electron chi connectivity index (χ0n) is 24.1. The van der Waals surface area contributed by atoms with Crippen LogP contribution >= 0.6 is 11.8 Å². The van der Waals surface area contributed by atoms with Gasteiger partial charge in [0.1, 0.15) is 11.4 Å². The second-order valence-corrected chi connectivity index (χ2v) is 10.9. The highest BCUT2D eigenvalue weighted by molar-refractivity contribution is 8.00. The highest BCUT2D eigenvalue weighted by Crippen LogP contribution is 2.26. The molecule has 1 atom stereocenters. The van der Waals surface area contributed by atoms with E-state index in [-0.39, 0.29) is 17.2 Å². The predicted octanol–water partition coefficient (Wildman–Crippen LogP) is 6.31. The van der Waals surface area contributed by atoms with Gasteiger partial charge in [0, 0.05) is 21.8 Å². The lowest BCUT2D eigenvalue weighted by atomic mass is 10.1. The molecule has 0 aliphatic rings. The smallest absolute Gasteiger partial charge is 0.335 e. The first-order valence-electron chi connectivity index (χ1n) is 13.7. The SMILES string of the molecule is CCOc1ccc(/C=C(\NC(=O)c2ccccc2)C(=O)Nc2ccc(SC(C)C(=O)Nc3ccc(C(=O)O)cc3)cc2)cc1. The van der Waals surface area contributed by atoms with Crippen molar-refractivity contribution in [1.82, 2.24) is 5.32 Å². The molecule has 4 aromatic rings. The summed E-state index contributed by atoms with van der Waals surface area (Å²) in [5.41, 5.74) is 2.30. The molecule has 44 heavy (non-hydrogen) atoms. The number of amides is 3. The van der Waals surface area contributed by atoms with Gasteiger partial charge in [0.25, 0.3) is 11.8 Å². The van der Waals surface area contributed by atoms with Gasteiger partial charge in [-0.3, -0.25) is 14.4 Å². The van der Waals surface area contributed by atoms with Gasteiger partial charge in [0.2, 0.25) is 5.91 Å². The van der Waals surface area contributed by atoms with Crippen LogP contribution < -0.4 is 20.7 Å². The fourth-order valence-corrected chi connectivity index (χ4v) is 4.82. The van der Waals surface area contributed by atoms with Crippen LogP contribution in [-0.4, -0.2) is 40.7 Å². The van der Waals surface area contributed by atoms with Crippen LogP contribution in [0.4, 0.5) is 11.4 Å². The van der Waals surface area contributed by atoms with Crippen molar-refractivity contribution in [1.29, 1.82) is 0 Å². The molecule has 0 radical (unpaired) electrons. The lowest BCUT2D eigenvalue weighted by Gasteiger charge is -2.14. The molecule has 0 spiro atoms. The number of hydrogen-bond donors (Lipinski definition) is 4. The molecule has 1 unspecified atom stereocenters. The zero-order valence-corrected chi connectivity index (χ0v) is 24.9. The third-order valence-corrected chi connectivity index (χ3v) is 7.34. The number of carboxylic acid groups (broad SMARTS) is 1. The number of rotatable bonds is 12. The molecule has 0 aromatic heterocycles. The Morgan fingerprint density at radius 1 is 0.795 bits per heavy atom. The van der Waals surface area contributed by atoms with Crippen LogP contribution in [0.15, 0.2) is 114 Å². The number of carbonyl (C=O) groups is 4. The van der Waals surface area contributed by atoms with Gasteiger partial charge in [-0.05, 0) is 98.3 Å². The zero-order chi connectivity index (χ0) is 31.5. The molecule has 4 rings (SSSR count). The van der Waals surface area contributed by atoms with Crippen molar-refractivity contribution in [2.75, 3.05) is 17.2 Å². The predicted molar refractivity (Wildman–Crippen MR) is 172 cm³/mol. The third kappa shape index (κ3) is 9.07. The van der Waals surface area contributed by atoms with E-state index in [9.17, 15) is 19.2 Å².